The predicted octanol–water partition coefficient (Wildman–Crippen LogP) is 3.46. The molecule has 0 radical (unpaired) electrons. The molecule has 0 bridgehead atoms. The molecule has 0 unspecified atom stereocenters. The number of hydrogen-bond donors (Lipinski definition) is 1. The highest BCUT2D eigenvalue weighted by atomic mass is 35.5. The van der Waals surface area contributed by atoms with Gasteiger partial charge in [0.25, 0.3) is 5.56 Å². The molecule has 0 saturated heterocycles. The summed E-state index contributed by atoms with van der Waals surface area (Å²) in [6.45, 7) is 2.24. The van der Waals surface area contributed by atoms with Gasteiger partial charge in [0.1, 0.15) is 5.15 Å². The summed E-state index contributed by atoms with van der Waals surface area (Å²) in [6.07, 6.45) is 1.66. The molecule has 106 valence electrons. The molecule has 0 atom stereocenters. The Morgan fingerprint density at radius 1 is 1.38 bits per heavy atom. The highest BCUT2D eigenvalue weighted by Gasteiger charge is 2.07. The lowest BCUT2D eigenvalue weighted by Gasteiger charge is -2.09. The van der Waals surface area contributed by atoms with E-state index in [2.05, 4.69) is 9.97 Å². The van der Waals surface area contributed by atoms with Crippen molar-refractivity contribution in [2.45, 2.75) is 13.5 Å². The van der Waals surface area contributed by atoms with Gasteiger partial charge in [-0.05, 0) is 48.5 Å². The van der Waals surface area contributed by atoms with Crippen LogP contribution in [0.4, 0.5) is 0 Å². The van der Waals surface area contributed by atoms with Gasteiger partial charge in [-0.25, -0.2) is 4.98 Å². The first-order valence-electron chi connectivity index (χ1n) is 6.39. The van der Waals surface area contributed by atoms with Crippen LogP contribution in [-0.4, -0.2) is 14.5 Å². The molecule has 4 nitrogen and oxygen atoms in total. The molecule has 0 aliphatic heterocycles. The molecule has 0 spiro atoms. The second kappa shape index (κ2) is 5.42. The minimum absolute atomic E-state index is 0.109. The van der Waals surface area contributed by atoms with E-state index in [1.807, 2.05) is 31.2 Å². The maximum Gasteiger partial charge on any atom is 0.262 e. The summed E-state index contributed by atoms with van der Waals surface area (Å²) in [5.41, 5.74) is 2.39. The predicted molar refractivity (Wildman–Crippen MR) is 86.5 cm³/mol. The lowest BCUT2D eigenvalue weighted by Crippen LogP contribution is -2.22. The maximum absolute atomic E-state index is 12.5. The van der Waals surface area contributed by atoms with E-state index >= 15 is 0 Å². The zero-order valence-corrected chi connectivity index (χ0v) is 12.8. The number of benzene rings is 1. The molecule has 6 heteroatoms. The van der Waals surface area contributed by atoms with Crippen molar-refractivity contribution in [2.75, 3.05) is 0 Å². The van der Waals surface area contributed by atoms with Crippen molar-refractivity contribution in [1.82, 2.24) is 14.5 Å². The smallest absolute Gasteiger partial charge is 0.262 e. The first-order valence-corrected chi connectivity index (χ1v) is 7.18. The van der Waals surface area contributed by atoms with Crippen molar-refractivity contribution in [1.29, 1.82) is 0 Å². The summed E-state index contributed by atoms with van der Waals surface area (Å²) in [5.74, 6) is 0. The highest BCUT2D eigenvalue weighted by Crippen LogP contribution is 2.14. The summed E-state index contributed by atoms with van der Waals surface area (Å²) in [7, 11) is 0. The third kappa shape index (κ3) is 2.62. The Morgan fingerprint density at radius 2 is 2.14 bits per heavy atom. The normalized spacial score (nSPS) is 11.0. The van der Waals surface area contributed by atoms with E-state index in [0.717, 1.165) is 16.6 Å². The minimum atomic E-state index is -0.109. The maximum atomic E-state index is 12.5. The molecular formula is C15H12ClN3OS. The fourth-order valence-electron chi connectivity index (χ4n) is 2.23. The van der Waals surface area contributed by atoms with Gasteiger partial charge in [-0.1, -0.05) is 23.7 Å². The van der Waals surface area contributed by atoms with Gasteiger partial charge in [0, 0.05) is 6.20 Å². The molecule has 0 fully saturated rings. The van der Waals surface area contributed by atoms with Crippen LogP contribution in [0.5, 0.6) is 0 Å². The Bertz CT molecular complexity index is 946. The van der Waals surface area contributed by atoms with Crippen molar-refractivity contribution in [3.8, 4) is 0 Å². The first kappa shape index (κ1) is 14.0. The molecule has 3 aromatic rings. The van der Waals surface area contributed by atoms with Crippen molar-refractivity contribution in [3.05, 3.63) is 67.9 Å². The Labute approximate surface area is 131 Å². The third-order valence-corrected chi connectivity index (χ3v) is 4.02. The number of aryl methyl sites for hydroxylation is 1. The number of pyridine rings is 1. The monoisotopic (exact) mass is 317 g/mol. The molecule has 0 aliphatic carbocycles. The fourth-order valence-corrected chi connectivity index (χ4v) is 2.59. The van der Waals surface area contributed by atoms with Crippen molar-refractivity contribution >= 4 is 34.7 Å². The molecule has 0 amide bonds. The molecule has 2 heterocycles. The van der Waals surface area contributed by atoms with Crippen LogP contribution < -0.4 is 5.56 Å². The van der Waals surface area contributed by atoms with E-state index in [1.165, 1.54) is 4.57 Å². The van der Waals surface area contributed by atoms with Crippen molar-refractivity contribution in [2.24, 2.45) is 0 Å². The Balaban J connectivity index is 2.14. The van der Waals surface area contributed by atoms with Crippen LogP contribution in [0, 0.1) is 11.7 Å². The van der Waals surface area contributed by atoms with Crippen LogP contribution >= 0.6 is 23.8 Å². The molecule has 21 heavy (non-hydrogen) atoms. The SMILES string of the molecule is Cc1cc(Cn2c(=S)[nH]c3ccccc3c2=O)cnc1Cl. The van der Waals surface area contributed by atoms with Crippen LogP contribution in [0.3, 0.4) is 0 Å². The van der Waals surface area contributed by atoms with E-state index in [0.29, 0.717) is 21.9 Å². The molecule has 0 aliphatic rings. The Morgan fingerprint density at radius 3 is 2.90 bits per heavy atom. The van der Waals surface area contributed by atoms with E-state index in [1.54, 1.807) is 12.3 Å². The van der Waals surface area contributed by atoms with Gasteiger partial charge in [-0.15, -0.1) is 0 Å². The number of aromatic nitrogens is 3. The van der Waals surface area contributed by atoms with Crippen molar-refractivity contribution < 1.29 is 0 Å². The Kier molecular flexibility index (Phi) is 3.61. The number of para-hydroxylation sites is 1. The summed E-state index contributed by atoms with van der Waals surface area (Å²) in [5, 5.41) is 1.08. The van der Waals surface area contributed by atoms with Crippen LogP contribution in [0.15, 0.2) is 41.3 Å². The topological polar surface area (TPSA) is 50.7 Å². The van der Waals surface area contributed by atoms with E-state index in [-0.39, 0.29) is 5.56 Å². The molecule has 1 N–H and O–H groups in total. The summed E-state index contributed by atoms with van der Waals surface area (Å²) in [6, 6.07) is 9.23. The second-order valence-electron chi connectivity index (χ2n) is 4.82. The van der Waals surface area contributed by atoms with Gasteiger partial charge < -0.3 is 4.98 Å². The lowest BCUT2D eigenvalue weighted by atomic mass is 10.2. The Hall–Kier alpha value is -1.98. The number of nitrogens with one attached hydrogen (secondary N) is 1. The molecular weight excluding hydrogens is 306 g/mol. The van der Waals surface area contributed by atoms with Crippen LogP contribution in [-0.2, 0) is 6.54 Å². The van der Waals surface area contributed by atoms with E-state index < -0.39 is 0 Å². The molecule has 1 aromatic carbocycles. The number of aromatic amines is 1. The standard InChI is InChI=1S/C15H12ClN3OS/c1-9-6-10(7-17-13(9)16)8-19-14(20)11-4-2-3-5-12(11)18-15(19)21/h2-7H,8H2,1H3,(H,18,21). The van der Waals surface area contributed by atoms with Gasteiger partial charge in [0.15, 0.2) is 4.77 Å². The number of halogens is 1. The molecule has 0 saturated carbocycles. The van der Waals surface area contributed by atoms with Gasteiger partial charge in [-0.2, -0.15) is 0 Å². The average Bonchev–Trinajstić information content (AvgIpc) is 2.47. The summed E-state index contributed by atoms with van der Waals surface area (Å²) in [4.78, 5) is 19.7. The number of hydrogen-bond acceptors (Lipinski definition) is 3. The van der Waals surface area contributed by atoms with Crippen LogP contribution in [0.25, 0.3) is 10.9 Å². The minimum Gasteiger partial charge on any atom is -0.332 e. The van der Waals surface area contributed by atoms with Gasteiger partial charge in [-0.3, -0.25) is 9.36 Å². The summed E-state index contributed by atoms with van der Waals surface area (Å²) >= 11 is 11.2. The van der Waals surface area contributed by atoms with E-state index in [4.69, 9.17) is 23.8 Å². The lowest BCUT2D eigenvalue weighted by molar-refractivity contribution is 0.731. The number of H-pyrrole nitrogens is 1. The zero-order valence-electron chi connectivity index (χ0n) is 11.3. The van der Waals surface area contributed by atoms with Crippen LogP contribution in [0.2, 0.25) is 5.15 Å². The number of rotatable bonds is 2. The van der Waals surface area contributed by atoms with Gasteiger partial charge in [0.05, 0.1) is 17.4 Å². The average molecular weight is 318 g/mol. The number of nitrogens with zero attached hydrogens (tertiary/aromatic N) is 2. The van der Waals surface area contributed by atoms with Gasteiger partial charge in [0.2, 0.25) is 0 Å². The summed E-state index contributed by atoms with van der Waals surface area (Å²) < 4.78 is 1.92. The molecule has 3 rings (SSSR count). The largest absolute Gasteiger partial charge is 0.332 e. The second-order valence-corrected chi connectivity index (χ2v) is 5.56. The number of fused-ring (bicyclic) bond motifs is 1. The zero-order chi connectivity index (χ0) is 15.0. The van der Waals surface area contributed by atoms with Crippen molar-refractivity contribution in [3.63, 3.8) is 0 Å². The van der Waals surface area contributed by atoms with E-state index in [9.17, 15) is 4.79 Å². The molecule has 2 aromatic heterocycles. The third-order valence-electron chi connectivity index (χ3n) is 3.30. The first-order chi connectivity index (χ1) is 10.1. The fraction of sp³-hybridized carbons (Fsp3) is 0.133. The van der Waals surface area contributed by atoms with Gasteiger partial charge >= 0.3 is 0 Å². The quantitative estimate of drug-likeness (QED) is 0.581. The highest BCUT2D eigenvalue weighted by molar-refractivity contribution is 7.71. The van der Waals surface area contributed by atoms with Crippen LogP contribution in [0.1, 0.15) is 11.1 Å².